The summed E-state index contributed by atoms with van der Waals surface area (Å²) in [5.41, 5.74) is 1.68. The van der Waals surface area contributed by atoms with Gasteiger partial charge in [0.25, 0.3) is 0 Å². The molecule has 3 aromatic rings. The number of hydrogen-bond acceptors (Lipinski definition) is 9. The zero-order valence-corrected chi connectivity index (χ0v) is 19.7. The molecular formula is C23H23FN6O4S. The predicted octanol–water partition coefficient (Wildman–Crippen LogP) is 2.87. The summed E-state index contributed by atoms with van der Waals surface area (Å²) in [6, 6.07) is 6.06. The molecule has 1 amide bonds. The van der Waals surface area contributed by atoms with Crippen LogP contribution in [0.2, 0.25) is 0 Å². The molecule has 10 nitrogen and oxygen atoms in total. The van der Waals surface area contributed by atoms with Crippen LogP contribution in [0.15, 0.2) is 24.3 Å². The van der Waals surface area contributed by atoms with Crippen LogP contribution in [0.25, 0.3) is 0 Å². The van der Waals surface area contributed by atoms with E-state index in [9.17, 15) is 24.2 Å². The molecule has 0 atom stereocenters. The minimum atomic E-state index is -1.07. The van der Waals surface area contributed by atoms with E-state index in [4.69, 9.17) is 0 Å². The molecule has 0 bridgehead atoms. The highest BCUT2D eigenvalue weighted by molar-refractivity contribution is 7.17. The van der Waals surface area contributed by atoms with Gasteiger partial charge in [-0.3, -0.25) is 15.0 Å². The Morgan fingerprint density at radius 2 is 1.97 bits per heavy atom. The number of benzene rings is 1. The van der Waals surface area contributed by atoms with E-state index in [1.54, 1.807) is 19.1 Å². The van der Waals surface area contributed by atoms with Crippen LogP contribution in [-0.4, -0.2) is 56.2 Å². The van der Waals surface area contributed by atoms with Crippen molar-refractivity contribution in [3.05, 3.63) is 51.8 Å². The Hall–Kier alpha value is -3.64. The molecule has 3 N–H and O–H groups in total. The van der Waals surface area contributed by atoms with Gasteiger partial charge in [-0.05, 0) is 37.5 Å². The highest BCUT2D eigenvalue weighted by atomic mass is 32.1. The molecule has 4 heterocycles. The molecule has 0 aliphatic carbocycles. The molecule has 0 unspecified atom stereocenters. The van der Waals surface area contributed by atoms with Crippen molar-refractivity contribution in [3.63, 3.8) is 0 Å². The second-order valence-corrected chi connectivity index (χ2v) is 9.54. The maximum absolute atomic E-state index is 13.8. The fourth-order valence-corrected chi connectivity index (χ4v) is 5.13. The second-order valence-electron chi connectivity index (χ2n) is 8.54. The first-order chi connectivity index (χ1) is 16.8. The van der Waals surface area contributed by atoms with Crippen molar-refractivity contribution in [1.29, 1.82) is 0 Å². The number of rotatable bonds is 6. The lowest BCUT2D eigenvalue weighted by atomic mass is 10.1. The summed E-state index contributed by atoms with van der Waals surface area (Å²) in [5.74, 6) is -0.444. The summed E-state index contributed by atoms with van der Waals surface area (Å²) >= 11 is 0.972. The van der Waals surface area contributed by atoms with Crippen LogP contribution in [0.5, 0.6) is 0 Å². The third-order valence-electron chi connectivity index (χ3n) is 6.05. The van der Waals surface area contributed by atoms with Crippen LogP contribution in [0.3, 0.4) is 0 Å². The lowest BCUT2D eigenvalue weighted by Crippen LogP contribution is -2.37. The quantitative estimate of drug-likeness (QED) is 0.469. The number of carboxylic acids is 1. The van der Waals surface area contributed by atoms with Gasteiger partial charge in [-0.25, -0.2) is 14.2 Å². The monoisotopic (exact) mass is 498 g/mol. The third-order valence-corrected chi connectivity index (χ3v) is 7.11. The minimum Gasteiger partial charge on any atom is -0.477 e. The fraction of sp³-hybridized carbons (Fsp3) is 0.348. The van der Waals surface area contributed by atoms with Gasteiger partial charge in [0.1, 0.15) is 22.3 Å². The summed E-state index contributed by atoms with van der Waals surface area (Å²) in [7, 11) is 0. The number of nitrogens with one attached hydrogen (secondary N) is 1. The van der Waals surface area contributed by atoms with E-state index in [0.717, 1.165) is 11.3 Å². The summed E-state index contributed by atoms with van der Waals surface area (Å²) in [6.45, 7) is 2.90. The van der Waals surface area contributed by atoms with E-state index >= 15 is 0 Å². The van der Waals surface area contributed by atoms with Crippen molar-refractivity contribution in [1.82, 2.24) is 15.0 Å². The number of anilines is 4. The fourth-order valence-electron chi connectivity index (χ4n) is 4.33. The number of hydrogen-bond donors (Lipinski definition) is 3. The SMILES string of the molecule is Cc1nc(Nc2nc(N3CCC(O)CC3)c3c(n2)N(Cc2cccc(F)c2)C(=O)C3)sc1C(=O)O. The van der Waals surface area contributed by atoms with Gasteiger partial charge in [0.2, 0.25) is 11.9 Å². The Bertz CT molecular complexity index is 1310. The number of fused-ring (bicyclic) bond motifs is 1. The van der Waals surface area contributed by atoms with Crippen LogP contribution in [-0.2, 0) is 17.8 Å². The lowest BCUT2D eigenvalue weighted by molar-refractivity contribution is -0.117. The standard InChI is InChI=1S/C23H23FN6O4S/c1-12-18(21(33)34)35-23(25-12)28-22-26-19(29-7-5-15(31)6-8-29)16-10-17(32)30(20(16)27-22)11-13-3-2-4-14(24)9-13/h2-4,9,15,31H,5-8,10-11H2,1H3,(H,33,34)(H,25,26,27,28). The van der Waals surface area contributed by atoms with Crippen molar-refractivity contribution in [2.24, 2.45) is 0 Å². The maximum Gasteiger partial charge on any atom is 0.347 e. The zero-order valence-electron chi connectivity index (χ0n) is 18.9. The number of aromatic carboxylic acids is 1. The van der Waals surface area contributed by atoms with Crippen LogP contribution < -0.4 is 15.1 Å². The molecule has 35 heavy (non-hydrogen) atoms. The summed E-state index contributed by atoms with van der Waals surface area (Å²) in [4.78, 5) is 41.6. The molecule has 2 aromatic heterocycles. The molecule has 12 heteroatoms. The average Bonchev–Trinajstić information content (AvgIpc) is 3.33. The number of carbonyl (C=O) groups is 2. The lowest BCUT2D eigenvalue weighted by Gasteiger charge is -2.31. The van der Waals surface area contributed by atoms with Gasteiger partial charge < -0.3 is 15.1 Å². The van der Waals surface area contributed by atoms with E-state index in [-0.39, 0.29) is 41.6 Å². The van der Waals surface area contributed by atoms with E-state index in [1.165, 1.54) is 17.0 Å². The second kappa shape index (κ2) is 9.19. The first kappa shape index (κ1) is 23.1. The minimum absolute atomic E-state index is 0.110. The Balaban J connectivity index is 1.53. The summed E-state index contributed by atoms with van der Waals surface area (Å²) < 4.78 is 13.8. The van der Waals surface area contributed by atoms with Crippen LogP contribution in [0.4, 0.5) is 27.1 Å². The van der Waals surface area contributed by atoms with Crippen molar-refractivity contribution in [2.45, 2.75) is 38.8 Å². The number of carbonyl (C=O) groups excluding carboxylic acids is 1. The number of aliphatic hydroxyl groups is 1. The molecular weight excluding hydrogens is 475 g/mol. The number of piperidine rings is 1. The molecule has 1 saturated heterocycles. The van der Waals surface area contributed by atoms with Gasteiger partial charge >= 0.3 is 5.97 Å². The topological polar surface area (TPSA) is 132 Å². The molecule has 0 saturated carbocycles. The first-order valence-corrected chi connectivity index (χ1v) is 12.0. The Morgan fingerprint density at radius 1 is 1.23 bits per heavy atom. The Kier molecular flexibility index (Phi) is 6.07. The maximum atomic E-state index is 13.8. The van der Waals surface area contributed by atoms with E-state index < -0.39 is 5.97 Å². The van der Waals surface area contributed by atoms with E-state index in [1.807, 2.05) is 4.90 Å². The smallest absolute Gasteiger partial charge is 0.347 e. The number of carboxylic acid groups (broad SMARTS) is 1. The van der Waals surface area contributed by atoms with Gasteiger partial charge in [-0.1, -0.05) is 23.5 Å². The van der Waals surface area contributed by atoms with Crippen LogP contribution in [0, 0.1) is 12.7 Å². The van der Waals surface area contributed by atoms with Gasteiger partial charge in [0, 0.05) is 18.7 Å². The number of halogens is 1. The molecule has 2 aliphatic rings. The molecule has 0 radical (unpaired) electrons. The number of amides is 1. The molecule has 5 rings (SSSR count). The predicted molar refractivity (Wildman–Crippen MR) is 128 cm³/mol. The molecule has 0 spiro atoms. The van der Waals surface area contributed by atoms with Crippen LogP contribution >= 0.6 is 11.3 Å². The number of thiazole rings is 1. The number of nitrogens with zero attached hydrogens (tertiary/aromatic N) is 5. The van der Waals surface area contributed by atoms with Crippen molar-refractivity contribution in [2.75, 3.05) is 28.2 Å². The Morgan fingerprint density at radius 3 is 2.66 bits per heavy atom. The van der Waals surface area contributed by atoms with Gasteiger partial charge in [-0.2, -0.15) is 9.97 Å². The molecule has 1 aromatic carbocycles. The highest BCUT2D eigenvalue weighted by Crippen LogP contribution is 2.37. The summed E-state index contributed by atoms with van der Waals surface area (Å²) in [6.07, 6.45) is 0.892. The van der Waals surface area contributed by atoms with Crippen LogP contribution in [0.1, 0.15) is 39.3 Å². The zero-order chi connectivity index (χ0) is 24.7. The molecule has 182 valence electrons. The molecule has 1 fully saturated rings. The first-order valence-electron chi connectivity index (χ1n) is 11.1. The average molecular weight is 499 g/mol. The van der Waals surface area contributed by atoms with E-state index in [0.29, 0.717) is 59.5 Å². The van der Waals surface area contributed by atoms with Gasteiger partial charge in [0.15, 0.2) is 5.13 Å². The van der Waals surface area contributed by atoms with Gasteiger partial charge in [-0.15, -0.1) is 0 Å². The Labute approximate surface area is 204 Å². The number of aromatic nitrogens is 3. The number of aliphatic hydroxyl groups excluding tert-OH is 1. The highest BCUT2D eigenvalue weighted by Gasteiger charge is 2.35. The normalized spacial score (nSPS) is 16.0. The van der Waals surface area contributed by atoms with Crippen molar-refractivity contribution in [3.8, 4) is 0 Å². The van der Waals surface area contributed by atoms with Gasteiger partial charge in [0.05, 0.1) is 24.8 Å². The van der Waals surface area contributed by atoms with Crippen molar-refractivity contribution >= 4 is 45.9 Å². The van der Waals surface area contributed by atoms with Crippen molar-refractivity contribution < 1.29 is 24.2 Å². The largest absolute Gasteiger partial charge is 0.477 e. The van der Waals surface area contributed by atoms with E-state index in [2.05, 4.69) is 20.3 Å². The molecule has 2 aliphatic heterocycles. The third kappa shape index (κ3) is 4.66. The summed E-state index contributed by atoms with van der Waals surface area (Å²) in [5, 5.41) is 22.6. The number of aryl methyl sites for hydroxylation is 1.